The van der Waals surface area contributed by atoms with Crippen LogP contribution in [0.5, 0.6) is 5.75 Å². The van der Waals surface area contributed by atoms with Gasteiger partial charge in [0.25, 0.3) is 0 Å². The highest BCUT2D eigenvalue weighted by Crippen LogP contribution is 2.25. The molecule has 1 fully saturated rings. The van der Waals surface area contributed by atoms with Crippen LogP contribution in [0.4, 0.5) is 0 Å². The Balaban J connectivity index is 1.71. The van der Waals surface area contributed by atoms with Gasteiger partial charge in [-0.3, -0.25) is 4.79 Å². The third kappa shape index (κ3) is 5.05. The molecule has 2 rings (SSSR count). The third-order valence-corrected chi connectivity index (χ3v) is 4.29. The van der Waals surface area contributed by atoms with Crippen molar-refractivity contribution in [3.63, 3.8) is 0 Å². The molecular formula is C17H26N2O2. The first kappa shape index (κ1) is 15.8. The van der Waals surface area contributed by atoms with Crippen LogP contribution in [0, 0.1) is 5.92 Å². The summed E-state index contributed by atoms with van der Waals surface area (Å²) in [5, 5.41) is 3.00. The van der Waals surface area contributed by atoms with Gasteiger partial charge in [0.15, 0.2) is 0 Å². The van der Waals surface area contributed by atoms with Crippen molar-refractivity contribution in [2.75, 3.05) is 13.7 Å². The van der Waals surface area contributed by atoms with Gasteiger partial charge < -0.3 is 15.8 Å². The summed E-state index contributed by atoms with van der Waals surface area (Å²) in [6, 6.07) is 8.14. The van der Waals surface area contributed by atoms with E-state index in [9.17, 15) is 4.79 Å². The maximum atomic E-state index is 12.0. The minimum atomic E-state index is 0.125. The van der Waals surface area contributed by atoms with E-state index >= 15 is 0 Å². The number of rotatable bonds is 6. The summed E-state index contributed by atoms with van der Waals surface area (Å²) in [4.78, 5) is 12.0. The van der Waals surface area contributed by atoms with Crippen LogP contribution in [-0.2, 0) is 11.2 Å². The molecule has 1 aliphatic carbocycles. The molecule has 0 bridgehead atoms. The van der Waals surface area contributed by atoms with Crippen LogP contribution in [0.3, 0.4) is 0 Å². The predicted octanol–water partition coefficient (Wildman–Crippen LogP) is 2.26. The van der Waals surface area contributed by atoms with Gasteiger partial charge in [0.05, 0.1) is 7.11 Å². The van der Waals surface area contributed by atoms with Crippen LogP contribution in [0.1, 0.15) is 37.7 Å². The Labute approximate surface area is 127 Å². The van der Waals surface area contributed by atoms with Crippen molar-refractivity contribution in [3.8, 4) is 5.75 Å². The van der Waals surface area contributed by atoms with Gasteiger partial charge in [0.2, 0.25) is 5.91 Å². The molecule has 1 aromatic rings. The zero-order chi connectivity index (χ0) is 15.1. The van der Waals surface area contributed by atoms with E-state index in [0.717, 1.165) is 25.0 Å². The number of hydrogen-bond acceptors (Lipinski definition) is 3. The molecule has 0 spiro atoms. The van der Waals surface area contributed by atoms with E-state index in [4.69, 9.17) is 10.5 Å². The quantitative estimate of drug-likeness (QED) is 0.844. The number of nitrogens with two attached hydrogens (primary N) is 1. The second kappa shape index (κ2) is 8.03. The van der Waals surface area contributed by atoms with Gasteiger partial charge in [0, 0.05) is 19.0 Å². The standard InChI is InChI=1S/C17H26N2O2/c1-21-15-7-4-5-13(11-15)9-10-19-17(20)12-14-6-2-3-8-16(14)18/h4-5,7,11,14,16H,2-3,6,8-10,12,18H2,1H3,(H,19,20). The van der Waals surface area contributed by atoms with Gasteiger partial charge in [0.1, 0.15) is 5.75 Å². The van der Waals surface area contributed by atoms with Crippen molar-refractivity contribution in [3.05, 3.63) is 29.8 Å². The molecule has 0 aromatic heterocycles. The summed E-state index contributed by atoms with van der Waals surface area (Å²) in [7, 11) is 1.66. The highest BCUT2D eigenvalue weighted by atomic mass is 16.5. The van der Waals surface area contributed by atoms with Crippen LogP contribution in [0.15, 0.2) is 24.3 Å². The molecule has 0 aliphatic heterocycles. The van der Waals surface area contributed by atoms with Crippen LogP contribution >= 0.6 is 0 Å². The van der Waals surface area contributed by atoms with Crippen molar-refractivity contribution in [2.24, 2.45) is 11.7 Å². The second-order valence-electron chi connectivity index (χ2n) is 5.86. The maximum Gasteiger partial charge on any atom is 0.220 e. The lowest BCUT2D eigenvalue weighted by atomic mass is 9.83. The zero-order valence-electron chi connectivity index (χ0n) is 12.8. The molecule has 116 valence electrons. The minimum absolute atomic E-state index is 0.125. The van der Waals surface area contributed by atoms with Gasteiger partial charge in [-0.1, -0.05) is 25.0 Å². The molecule has 2 unspecified atom stereocenters. The van der Waals surface area contributed by atoms with Crippen molar-refractivity contribution >= 4 is 5.91 Å². The van der Waals surface area contributed by atoms with Crippen molar-refractivity contribution in [2.45, 2.75) is 44.6 Å². The van der Waals surface area contributed by atoms with Gasteiger partial charge in [-0.15, -0.1) is 0 Å². The fraction of sp³-hybridized carbons (Fsp3) is 0.588. The first-order valence-electron chi connectivity index (χ1n) is 7.84. The number of nitrogens with one attached hydrogen (secondary N) is 1. The summed E-state index contributed by atoms with van der Waals surface area (Å²) in [5.74, 6) is 1.34. The van der Waals surface area contributed by atoms with E-state index < -0.39 is 0 Å². The van der Waals surface area contributed by atoms with Crippen LogP contribution < -0.4 is 15.8 Å². The molecule has 1 saturated carbocycles. The van der Waals surface area contributed by atoms with Gasteiger partial charge in [-0.05, 0) is 42.9 Å². The monoisotopic (exact) mass is 290 g/mol. The molecule has 1 aliphatic rings. The summed E-state index contributed by atoms with van der Waals surface area (Å²) in [5.41, 5.74) is 7.26. The Kier molecular flexibility index (Phi) is 6.05. The lowest BCUT2D eigenvalue weighted by molar-refractivity contribution is -0.122. The van der Waals surface area contributed by atoms with E-state index in [1.165, 1.54) is 18.4 Å². The number of methoxy groups -OCH3 is 1. The highest BCUT2D eigenvalue weighted by Gasteiger charge is 2.23. The van der Waals surface area contributed by atoms with Gasteiger partial charge >= 0.3 is 0 Å². The molecular weight excluding hydrogens is 264 g/mol. The summed E-state index contributed by atoms with van der Waals surface area (Å²) in [6.45, 7) is 0.661. The lowest BCUT2D eigenvalue weighted by Gasteiger charge is -2.27. The first-order chi connectivity index (χ1) is 10.2. The molecule has 1 amide bonds. The van der Waals surface area contributed by atoms with Crippen LogP contribution in [0.2, 0.25) is 0 Å². The number of hydrogen-bond donors (Lipinski definition) is 2. The Morgan fingerprint density at radius 3 is 2.95 bits per heavy atom. The average Bonchev–Trinajstić information content (AvgIpc) is 2.50. The normalized spacial score (nSPS) is 21.8. The molecule has 3 N–H and O–H groups in total. The smallest absolute Gasteiger partial charge is 0.220 e. The second-order valence-corrected chi connectivity index (χ2v) is 5.86. The van der Waals surface area contributed by atoms with Crippen LogP contribution in [-0.4, -0.2) is 25.6 Å². The summed E-state index contributed by atoms with van der Waals surface area (Å²) in [6.07, 6.45) is 5.94. The summed E-state index contributed by atoms with van der Waals surface area (Å²) >= 11 is 0. The number of carbonyl (C=O) groups is 1. The van der Waals surface area contributed by atoms with E-state index in [1.807, 2.05) is 24.3 Å². The van der Waals surface area contributed by atoms with E-state index in [-0.39, 0.29) is 11.9 Å². The van der Waals surface area contributed by atoms with E-state index in [0.29, 0.717) is 18.9 Å². The first-order valence-corrected chi connectivity index (χ1v) is 7.84. The third-order valence-electron chi connectivity index (χ3n) is 4.29. The van der Waals surface area contributed by atoms with Gasteiger partial charge in [-0.2, -0.15) is 0 Å². The van der Waals surface area contributed by atoms with Crippen molar-refractivity contribution in [1.82, 2.24) is 5.32 Å². The zero-order valence-corrected chi connectivity index (χ0v) is 12.8. The SMILES string of the molecule is COc1cccc(CCNC(=O)CC2CCCCC2N)c1. The molecule has 0 radical (unpaired) electrons. The molecule has 4 nitrogen and oxygen atoms in total. The van der Waals surface area contributed by atoms with Gasteiger partial charge in [-0.25, -0.2) is 0 Å². The Morgan fingerprint density at radius 1 is 1.38 bits per heavy atom. The lowest BCUT2D eigenvalue weighted by Crippen LogP contribution is -2.37. The van der Waals surface area contributed by atoms with Crippen molar-refractivity contribution in [1.29, 1.82) is 0 Å². The van der Waals surface area contributed by atoms with E-state index in [1.54, 1.807) is 7.11 Å². The van der Waals surface area contributed by atoms with Crippen molar-refractivity contribution < 1.29 is 9.53 Å². The molecule has 1 aromatic carbocycles. The van der Waals surface area contributed by atoms with E-state index in [2.05, 4.69) is 5.32 Å². The Hall–Kier alpha value is -1.55. The molecule has 21 heavy (non-hydrogen) atoms. The largest absolute Gasteiger partial charge is 0.497 e. The number of carbonyl (C=O) groups excluding carboxylic acids is 1. The predicted molar refractivity (Wildman–Crippen MR) is 84.3 cm³/mol. The molecule has 2 atom stereocenters. The highest BCUT2D eigenvalue weighted by molar-refractivity contribution is 5.76. The Bertz CT molecular complexity index is 462. The fourth-order valence-corrected chi connectivity index (χ4v) is 2.97. The average molecular weight is 290 g/mol. The fourth-order valence-electron chi connectivity index (χ4n) is 2.97. The summed E-state index contributed by atoms with van der Waals surface area (Å²) < 4.78 is 5.19. The topological polar surface area (TPSA) is 64.3 Å². The van der Waals surface area contributed by atoms with Crippen LogP contribution in [0.25, 0.3) is 0 Å². The molecule has 4 heteroatoms. The molecule has 0 saturated heterocycles. The number of ether oxygens (including phenoxy) is 1. The minimum Gasteiger partial charge on any atom is -0.497 e. The maximum absolute atomic E-state index is 12.0. The number of amides is 1. The molecule has 0 heterocycles. The Morgan fingerprint density at radius 2 is 2.19 bits per heavy atom. The number of benzene rings is 1.